The standard InChI is InChI=1S/C17H16FN3O3/c1-11-16(23)20(10-15(22)14-4-3-9-19(14)2)17(24)21(11)13-7-5-12(18)6-8-13/h3-9,11H,10H2,1-2H3/t11-/m0/s1. The van der Waals surface area contributed by atoms with E-state index in [4.69, 9.17) is 0 Å². The van der Waals surface area contributed by atoms with Crippen molar-refractivity contribution < 1.29 is 18.8 Å². The number of halogens is 1. The van der Waals surface area contributed by atoms with Crippen LogP contribution in [0.1, 0.15) is 17.4 Å². The molecule has 0 saturated carbocycles. The second-order valence-electron chi connectivity index (χ2n) is 5.66. The Balaban J connectivity index is 1.84. The SMILES string of the molecule is C[C@H]1C(=O)N(CC(=O)c2cccn2C)C(=O)N1c1ccc(F)cc1. The number of anilines is 1. The minimum absolute atomic E-state index is 0.322. The highest BCUT2D eigenvalue weighted by Crippen LogP contribution is 2.26. The van der Waals surface area contributed by atoms with E-state index in [2.05, 4.69) is 0 Å². The highest BCUT2D eigenvalue weighted by Gasteiger charge is 2.44. The molecule has 124 valence electrons. The molecule has 2 heterocycles. The second-order valence-corrected chi connectivity index (χ2v) is 5.66. The molecule has 1 saturated heterocycles. The van der Waals surface area contributed by atoms with Gasteiger partial charge in [-0.05, 0) is 43.3 Å². The summed E-state index contributed by atoms with van der Waals surface area (Å²) in [4.78, 5) is 39.5. The lowest BCUT2D eigenvalue weighted by Gasteiger charge is -2.19. The average molecular weight is 329 g/mol. The summed E-state index contributed by atoms with van der Waals surface area (Å²) in [5.74, 6) is -1.20. The van der Waals surface area contributed by atoms with Gasteiger partial charge in [-0.15, -0.1) is 0 Å². The molecule has 1 aromatic heterocycles. The number of benzene rings is 1. The van der Waals surface area contributed by atoms with Crippen molar-refractivity contribution in [3.63, 3.8) is 0 Å². The Morgan fingerprint density at radius 1 is 1.17 bits per heavy atom. The summed E-state index contributed by atoms with van der Waals surface area (Å²) in [6.45, 7) is 1.26. The lowest BCUT2D eigenvalue weighted by Crippen LogP contribution is -2.37. The molecule has 1 fully saturated rings. The number of ketones is 1. The van der Waals surface area contributed by atoms with Crippen molar-refractivity contribution >= 4 is 23.4 Å². The van der Waals surface area contributed by atoms with E-state index in [9.17, 15) is 18.8 Å². The van der Waals surface area contributed by atoms with E-state index in [0.717, 1.165) is 4.90 Å². The van der Waals surface area contributed by atoms with Crippen molar-refractivity contribution in [3.8, 4) is 0 Å². The Hall–Kier alpha value is -2.96. The number of aromatic nitrogens is 1. The van der Waals surface area contributed by atoms with Crippen LogP contribution in [-0.4, -0.2) is 39.8 Å². The van der Waals surface area contributed by atoms with E-state index < -0.39 is 23.8 Å². The maximum Gasteiger partial charge on any atom is 0.332 e. The lowest BCUT2D eigenvalue weighted by atomic mass is 10.2. The molecule has 6 nitrogen and oxygen atoms in total. The number of hydrogen-bond acceptors (Lipinski definition) is 3. The van der Waals surface area contributed by atoms with Crippen molar-refractivity contribution in [1.82, 2.24) is 9.47 Å². The Kier molecular flexibility index (Phi) is 3.92. The number of carbonyl (C=O) groups excluding carboxylic acids is 3. The first-order valence-electron chi connectivity index (χ1n) is 7.45. The van der Waals surface area contributed by atoms with Gasteiger partial charge in [0.15, 0.2) is 5.78 Å². The third-order valence-corrected chi connectivity index (χ3v) is 4.08. The van der Waals surface area contributed by atoms with Gasteiger partial charge in [-0.2, -0.15) is 0 Å². The summed E-state index contributed by atoms with van der Waals surface area (Å²) >= 11 is 0. The van der Waals surface area contributed by atoms with Gasteiger partial charge in [-0.3, -0.25) is 19.4 Å². The topological polar surface area (TPSA) is 62.6 Å². The Morgan fingerprint density at radius 3 is 2.42 bits per heavy atom. The first-order valence-corrected chi connectivity index (χ1v) is 7.45. The van der Waals surface area contributed by atoms with Gasteiger partial charge < -0.3 is 4.57 Å². The van der Waals surface area contributed by atoms with Crippen LogP contribution < -0.4 is 4.90 Å². The molecule has 0 bridgehead atoms. The fourth-order valence-electron chi connectivity index (χ4n) is 2.78. The predicted molar refractivity (Wildman–Crippen MR) is 85.2 cm³/mol. The Bertz CT molecular complexity index is 813. The molecule has 0 spiro atoms. The molecule has 7 heteroatoms. The number of urea groups is 1. The van der Waals surface area contributed by atoms with E-state index in [1.807, 2.05) is 0 Å². The molecule has 0 N–H and O–H groups in total. The smallest absolute Gasteiger partial charge is 0.332 e. The summed E-state index contributed by atoms with van der Waals surface area (Å²) in [6.07, 6.45) is 1.72. The Morgan fingerprint density at radius 2 is 1.83 bits per heavy atom. The maximum absolute atomic E-state index is 13.1. The zero-order valence-electron chi connectivity index (χ0n) is 13.3. The van der Waals surface area contributed by atoms with E-state index >= 15 is 0 Å². The van der Waals surface area contributed by atoms with Crippen molar-refractivity contribution in [2.75, 3.05) is 11.4 Å². The van der Waals surface area contributed by atoms with Gasteiger partial charge >= 0.3 is 6.03 Å². The molecular formula is C17H16FN3O3. The van der Waals surface area contributed by atoms with Gasteiger partial charge in [0.1, 0.15) is 11.9 Å². The normalized spacial score (nSPS) is 17.7. The largest absolute Gasteiger partial charge is 0.348 e. The zero-order valence-corrected chi connectivity index (χ0v) is 13.3. The number of hydrogen-bond donors (Lipinski definition) is 0. The van der Waals surface area contributed by atoms with Gasteiger partial charge in [0, 0.05) is 18.9 Å². The van der Waals surface area contributed by atoms with E-state index in [0.29, 0.717) is 11.4 Å². The first kappa shape index (κ1) is 15.9. The number of imide groups is 1. The number of rotatable bonds is 4. The number of aryl methyl sites for hydroxylation is 1. The van der Waals surface area contributed by atoms with E-state index in [-0.39, 0.29) is 12.3 Å². The van der Waals surface area contributed by atoms with Crippen LogP contribution in [-0.2, 0) is 11.8 Å². The number of nitrogens with zero attached hydrogens (tertiary/aromatic N) is 3. The summed E-state index contributed by atoms with van der Waals surface area (Å²) < 4.78 is 14.7. The van der Waals surface area contributed by atoms with Gasteiger partial charge in [-0.1, -0.05) is 0 Å². The van der Waals surface area contributed by atoms with Crippen LogP contribution in [0.2, 0.25) is 0 Å². The minimum atomic E-state index is -0.746. The fourth-order valence-corrected chi connectivity index (χ4v) is 2.78. The lowest BCUT2D eigenvalue weighted by molar-refractivity contribution is -0.126. The highest BCUT2D eigenvalue weighted by molar-refractivity contribution is 6.16. The van der Waals surface area contributed by atoms with Gasteiger partial charge in [0.2, 0.25) is 0 Å². The van der Waals surface area contributed by atoms with Crippen LogP contribution in [0.3, 0.4) is 0 Å². The summed E-state index contributed by atoms with van der Waals surface area (Å²) in [7, 11) is 1.72. The molecule has 2 aromatic rings. The molecular weight excluding hydrogens is 313 g/mol. The molecule has 24 heavy (non-hydrogen) atoms. The predicted octanol–water partition coefficient (Wildman–Crippen LogP) is 2.20. The summed E-state index contributed by atoms with van der Waals surface area (Å²) in [5.41, 5.74) is 0.833. The molecule has 1 aliphatic rings. The van der Waals surface area contributed by atoms with Gasteiger partial charge in [0.05, 0.1) is 12.2 Å². The van der Waals surface area contributed by atoms with Crippen LogP contribution in [0.5, 0.6) is 0 Å². The first-order chi connectivity index (χ1) is 11.4. The van der Waals surface area contributed by atoms with Crippen LogP contribution in [0, 0.1) is 5.82 Å². The number of Topliss-reactive ketones (excluding diaryl/α,β-unsaturated/α-hetero) is 1. The molecule has 0 aliphatic carbocycles. The molecule has 1 aliphatic heterocycles. The van der Waals surface area contributed by atoms with Crippen LogP contribution in [0.15, 0.2) is 42.6 Å². The summed E-state index contributed by atoms with van der Waals surface area (Å²) in [6, 6.07) is 7.32. The average Bonchev–Trinajstić information content (AvgIpc) is 3.06. The van der Waals surface area contributed by atoms with E-state index in [1.54, 1.807) is 36.9 Å². The van der Waals surface area contributed by atoms with Crippen molar-refractivity contribution in [2.24, 2.45) is 7.05 Å². The molecule has 1 aromatic carbocycles. The fraction of sp³-hybridized carbons (Fsp3) is 0.235. The number of amides is 3. The van der Waals surface area contributed by atoms with Gasteiger partial charge in [-0.25, -0.2) is 9.18 Å². The molecule has 3 amide bonds. The van der Waals surface area contributed by atoms with Crippen molar-refractivity contribution in [1.29, 1.82) is 0 Å². The third kappa shape index (κ3) is 2.58. The van der Waals surface area contributed by atoms with E-state index in [1.165, 1.54) is 29.2 Å². The minimum Gasteiger partial charge on any atom is -0.348 e. The van der Waals surface area contributed by atoms with Crippen LogP contribution in [0.4, 0.5) is 14.9 Å². The van der Waals surface area contributed by atoms with Crippen molar-refractivity contribution in [2.45, 2.75) is 13.0 Å². The monoisotopic (exact) mass is 329 g/mol. The second kappa shape index (κ2) is 5.92. The third-order valence-electron chi connectivity index (χ3n) is 4.08. The Labute approximate surface area is 138 Å². The van der Waals surface area contributed by atoms with Crippen LogP contribution >= 0.6 is 0 Å². The highest BCUT2D eigenvalue weighted by atomic mass is 19.1. The summed E-state index contributed by atoms with van der Waals surface area (Å²) in [5, 5.41) is 0. The molecule has 0 unspecified atom stereocenters. The van der Waals surface area contributed by atoms with Crippen LogP contribution in [0.25, 0.3) is 0 Å². The number of carbonyl (C=O) groups is 3. The quantitative estimate of drug-likeness (QED) is 0.638. The molecule has 3 rings (SSSR count). The molecule has 0 radical (unpaired) electrons. The van der Waals surface area contributed by atoms with Crippen molar-refractivity contribution in [3.05, 3.63) is 54.1 Å². The van der Waals surface area contributed by atoms with Gasteiger partial charge in [0.25, 0.3) is 5.91 Å². The molecule has 1 atom stereocenters. The zero-order chi connectivity index (χ0) is 17.4. The maximum atomic E-state index is 13.1.